The SMILES string of the molecule is O=C(C(c1ccccc1)c1ccccc1)N1CCC(Cn2ccnc2)CC1. The molecule has 2 aromatic carbocycles. The summed E-state index contributed by atoms with van der Waals surface area (Å²) in [4.78, 5) is 19.6. The fourth-order valence-electron chi connectivity index (χ4n) is 3.98. The molecule has 0 atom stereocenters. The largest absolute Gasteiger partial charge is 0.342 e. The molecule has 4 rings (SSSR count). The van der Waals surface area contributed by atoms with Crippen LogP contribution in [0.5, 0.6) is 0 Å². The molecule has 3 aromatic rings. The summed E-state index contributed by atoms with van der Waals surface area (Å²) in [6.07, 6.45) is 7.79. The zero-order valence-electron chi connectivity index (χ0n) is 15.4. The highest BCUT2D eigenvalue weighted by molar-refractivity contribution is 5.87. The molecule has 0 aliphatic carbocycles. The van der Waals surface area contributed by atoms with Gasteiger partial charge >= 0.3 is 0 Å². The number of imidazole rings is 1. The van der Waals surface area contributed by atoms with Gasteiger partial charge in [-0.15, -0.1) is 0 Å². The second-order valence-corrected chi connectivity index (χ2v) is 7.28. The number of piperidine rings is 1. The molecule has 1 aliphatic heterocycles. The molecule has 0 radical (unpaired) electrons. The lowest BCUT2D eigenvalue weighted by molar-refractivity contribution is -0.133. The van der Waals surface area contributed by atoms with Gasteiger partial charge in [0.2, 0.25) is 5.91 Å². The van der Waals surface area contributed by atoms with Crippen molar-refractivity contribution in [3.8, 4) is 0 Å². The first kappa shape index (κ1) is 17.5. The van der Waals surface area contributed by atoms with Crippen LogP contribution in [0.3, 0.4) is 0 Å². The maximum Gasteiger partial charge on any atom is 0.234 e. The molecule has 1 aliphatic rings. The van der Waals surface area contributed by atoms with E-state index < -0.39 is 0 Å². The van der Waals surface area contributed by atoms with Crippen LogP contribution in [-0.2, 0) is 11.3 Å². The molecule has 2 heterocycles. The van der Waals surface area contributed by atoms with Gasteiger partial charge in [0.25, 0.3) is 0 Å². The van der Waals surface area contributed by atoms with Crippen molar-refractivity contribution in [2.45, 2.75) is 25.3 Å². The van der Waals surface area contributed by atoms with Crippen molar-refractivity contribution in [3.63, 3.8) is 0 Å². The Hall–Kier alpha value is -2.88. The molecule has 0 N–H and O–H groups in total. The van der Waals surface area contributed by atoms with E-state index in [-0.39, 0.29) is 11.8 Å². The minimum Gasteiger partial charge on any atom is -0.342 e. The number of rotatable bonds is 5. The number of hydrogen-bond donors (Lipinski definition) is 0. The number of carbonyl (C=O) groups excluding carboxylic acids is 1. The third kappa shape index (κ3) is 4.11. The van der Waals surface area contributed by atoms with Gasteiger partial charge in [0.15, 0.2) is 0 Å². The topological polar surface area (TPSA) is 38.1 Å². The van der Waals surface area contributed by atoms with E-state index in [0.29, 0.717) is 5.92 Å². The number of carbonyl (C=O) groups is 1. The monoisotopic (exact) mass is 359 g/mol. The van der Waals surface area contributed by atoms with Crippen LogP contribution < -0.4 is 0 Å². The molecular weight excluding hydrogens is 334 g/mol. The Bertz CT molecular complexity index is 798. The summed E-state index contributed by atoms with van der Waals surface area (Å²) in [7, 11) is 0. The van der Waals surface area contributed by atoms with Gasteiger partial charge < -0.3 is 9.47 Å². The minimum absolute atomic E-state index is 0.216. The average Bonchev–Trinajstić information content (AvgIpc) is 3.23. The molecule has 27 heavy (non-hydrogen) atoms. The van der Waals surface area contributed by atoms with E-state index in [2.05, 4.69) is 38.7 Å². The Morgan fingerprint density at radius 1 is 0.963 bits per heavy atom. The van der Waals surface area contributed by atoms with Crippen LogP contribution in [-0.4, -0.2) is 33.4 Å². The quantitative estimate of drug-likeness (QED) is 0.692. The lowest BCUT2D eigenvalue weighted by atomic mass is 9.88. The van der Waals surface area contributed by atoms with E-state index in [0.717, 1.165) is 43.6 Å². The van der Waals surface area contributed by atoms with E-state index in [9.17, 15) is 4.79 Å². The Kier molecular flexibility index (Phi) is 5.33. The number of aromatic nitrogens is 2. The van der Waals surface area contributed by atoms with Crippen molar-refractivity contribution in [2.24, 2.45) is 5.92 Å². The van der Waals surface area contributed by atoms with Gasteiger partial charge in [-0.2, -0.15) is 0 Å². The van der Waals surface area contributed by atoms with Gasteiger partial charge in [0.1, 0.15) is 0 Å². The Balaban J connectivity index is 1.48. The molecule has 1 fully saturated rings. The van der Waals surface area contributed by atoms with Crippen molar-refractivity contribution >= 4 is 5.91 Å². The van der Waals surface area contributed by atoms with Crippen LogP contribution in [0, 0.1) is 5.92 Å². The third-order valence-electron chi connectivity index (χ3n) is 5.47. The predicted octanol–water partition coefficient (Wildman–Crippen LogP) is 3.95. The zero-order valence-corrected chi connectivity index (χ0v) is 15.4. The maximum atomic E-state index is 13.4. The smallest absolute Gasteiger partial charge is 0.234 e. The van der Waals surface area contributed by atoms with E-state index >= 15 is 0 Å². The summed E-state index contributed by atoms with van der Waals surface area (Å²) < 4.78 is 2.14. The van der Waals surface area contributed by atoms with Gasteiger partial charge in [-0.05, 0) is 29.9 Å². The van der Waals surface area contributed by atoms with Crippen LogP contribution in [0.4, 0.5) is 0 Å². The first-order chi connectivity index (χ1) is 13.3. The molecule has 138 valence electrons. The molecule has 0 spiro atoms. The van der Waals surface area contributed by atoms with Crippen LogP contribution >= 0.6 is 0 Å². The number of nitrogens with zero attached hydrogens (tertiary/aromatic N) is 3. The van der Waals surface area contributed by atoms with Crippen molar-refractivity contribution in [1.29, 1.82) is 0 Å². The maximum absolute atomic E-state index is 13.4. The molecule has 1 amide bonds. The average molecular weight is 359 g/mol. The number of likely N-dealkylation sites (tertiary alicyclic amines) is 1. The van der Waals surface area contributed by atoms with Crippen LogP contribution in [0.15, 0.2) is 79.4 Å². The van der Waals surface area contributed by atoms with Gasteiger partial charge in [0.05, 0.1) is 12.2 Å². The van der Waals surface area contributed by atoms with Crippen molar-refractivity contribution in [2.75, 3.05) is 13.1 Å². The Morgan fingerprint density at radius 2 is 1.56 bits per heavy atom. The summed E-state index contributed by atoms with van der Waals surface area (Å²) >= 11 is 0. The highest BCUT2D eigenvalue weighted by atomic mass is 16.2. The minimum atomic E-state index is -0.224. The lowest BCUT2D eigenvalue weighted by Crippen LogP contribution is -2.42. The Labute approximate surface area is 160 Å². The van der Waals surface area contributed by atoms with Crippen molar-refractivity contribution in [1.82, 2.24) is 14.5 Å². The summed E-state index contributed by atoms with van der Waals surface area (Å²) in [5, 5.41) is 0. The predicted molar refractivity (Wildman–Crippen MR) is 106 cm³/mol. The highest BCUT2D eigenvalue weighted by Crippen LogP contribution is 2.29. The first-order valence-corrected chi connectivity index (χ1v) is 9.65. The normalized spacial score (nSPS) is 15.2. The van der Waals surface area contributed by atoms with E-state index in [4.69, 9.17) is 0 Å². The molecular formula is C23H25N3O. The van der Waals surface area contributed by atoms with Gasteiger partial charge in [-0.25, -0.2) is 4.98 Å². The molecule has 0 bridgehead atoms. The number of hydrogen-bond acceptors (Lipinski definition) is 2. The van der Waals surface area contributed by atoms with Gasteiger partial charge in [-0.1, -0.05) is 60.7 Å². The molecule has 1 saturated heterocycles. The van der Waals surface area contributed by atoms with Crippen molar-refractivity contribution < 1.29 is 4.79 Å². The second-order valence-electron chi connectivity index (χ2n) is 7.28. The molecule has 4 nitrogen and oxygen atoms in total. The zero-order chi connectivity index (χ0) is 18.5. The van der Waals surface area contributed by atoms with E-state index in [1.54, 1.807) is 0 Å². The fourth-order valence-corrected chi connectivity index (χ4v) is 3.98. The van der Waals surface area contributed by atoms with Crippen LogP contribution in [0.1, 0.15) is 29.9 Å². The number of benzene rings is 2. The third-order valence-corrected chi connectivity index (χ3v) is 5.47. The number of amides is 1. The molecule has 4 heteroatoms. The lowest BCUT2D eigenvalue weighted by Gasteiger charge is -2.34. The summed E-state index contributed by atoms with van der Waals surface area (Å²) in [5.74, 6) is 0.598. The Morgan fingerprint density at radius 3 is 2.07 bits per heavy atom. The van der Waals surface area contributed by atoms with E-state index in [1.807, 2.05) is 55.1 Å². The first-order valence-electron chi connectivity index (χ1n) is 9.65. The molecule has 0 saturated carbocycles. The summed E-state index contributed by atoms with van der Waals surface area (Å²) in [5.41, 5.74) is 2.13. The van der Waals surface area contributed by atoms with Crippen molar-refractivity contribution in [3.05, 3.63) is 90.5 Å². The van der Waals surface area contributed by atoms with Gasteiger partial charge in [0, 0.05) is 32.0 Å². The van der Waals surface area contributed by atoms with E-state index in [1.165, 1.54) is 0 Å². The van der Waals surface area contributed by atoms with Gasteiger partial charge in [-0.3, -0.25) is 4.79 Å². The second kappa shape index (κ2) is 8.21. The molecule has 1 aromatic heterocycles. The summed E-state index contributed by atoms with van der Waals surface area (Å²) in [6, 6.07) is 20.3. The fraction of sp³-hybridized carbons (Fsp3) is 0.304. The van der Waals surface area contributed by atoms with Crippen LogP contribution in [0.25, 0.3) is 0 Å². The summed E-state index contributed by atoms with van der Waals surface area (Å²) in [6.45, 7) is 2.64. The standard InChI is InChI=1S/C23H25N3O/c27-23(26-14-11-19(12-15-26)17-25-16-13-24-18-25)22(20-7-3-1-4-8-20)21-9-5-2-6-10-21/h1-10,13,16,18-19,22H,11-12,14-15,17H2. The molecule has 0 unspecified atom stereocenters. The van der Waals surface area contributed by atoms with Crippen LogP contribution in [0.2, 0.25) is 0 Å². The highest BCUT2D eigenvalue weighted by Gasteiger charge is 2.30.